The second-order valence-electron chi connectivity index (χ2n) is 1.22. The van der Waals surface area contributed by atoms with Crippen LogP contribution in [0.25, 0.3) is 0 Å². The van der Waals surface area contributed by atoms with Crippen LogP contribution >= 0.6 is 0 Å². The zero-order valence-electron chi connectivity index (χ0n) is 14.9. The van der Waals surface area contributed by atoms with Crippen molar-refractivity contribution in [2.45, 2.75) is 38.2 Å². The molecule has 0 aromatic carbocycles. The zero-order valence-corrected chi connectivity index (χ0v) is 3.95. The normalized spacial score (nSPS) is 98.9. The first-order valence-electron chi connectivity index (χ1n) is 7.47. The molecule has 0 amide bonds. The second kappa shape index (κ2) is 2.46. The molecule has 1 fully saturated rings. The Kier molecular flexibility index (Phi) is 0.326. The predicted molar refractivity (Wildman–Crippen MR) is 32.5 cm³/mol. The standard InChI is InChI=1S/C6H13NO/c1-5-3-2-4-6(8)7-5/h5-8H,2-4H2,1H3/i1D3,2D2,3D2,4D2,5D,6D. The van der Waals surface area contributed by atoms with E-state index in [0.717, 1.165) is 0 Å². The van der Waals surface area contributed by atoms with Crippen LogP contribution in [0.1, 0.15) is 41.0 Å². The van der Waals surface area contributed by atoms with E-state index in [2.05, 4.69) is 0 Å². The first kappa shape index (κ1) is 1.06. The predicted octanol–water partition coefficient (Wildman–Crippen LogP) is 0.467. The summed E-state index contributed by atoms with van der Waals surface area (Å²) >= 11 is 0. The lowest BCUT2D eigenvalue weighted by atomic mass is 10.1. The fourth-order valence-electron chi connectivity index (χ4n) is 0.334. The van der Waals surface area contributed by atoms with Gasteiger partial charge in [-0.05, 0) is 26.0 Å². The number of hydrogen-bond donors (Lipinski definition) is 2. The molecule has 2 N–H and O–H groups in total. The van der Waals surface area contributed by atoms with Gasteiger partial charge in [-0.1, -0.05) is 0 Å². The van der Waals surface area contributed by atoms with Crippen LogP contribution < -0.4 is 5.32 Å². The molecule has 1 aliphatic heterocycles. The highest BCUT2D eigenvalue weighted by Gasteiger charge is 2.13. The second-order valence-corrected chi connectivity index (χ2v) is 1.22. The maximum absolute atomic E-state index is 9.57. The molecule has 1 rings (SSSR count). The van der Waals surface area contributed by atoms with Crippen LogP contribution in [0.15, 0.2) is 0 Å². The van der Waals surface area contributed by atoms with E-state index in [1.54, 1.807) is 0 Å². The smallest absolute Gasteiger partial charge is 0.105 e. The van der Waals surface area contributed by atoms with Gasteiger partial charge in [0.15, 0.2) is 0 Å². The summed E-state index contributed by atoms with van der Waals surface area (Å²) < 4.78 is 80.9. The minimum atomic E-state index is -3.59. The zero-order chi connectivity index (χ0) is 15.7. The number of rotatable bonds is 0. The van der Waals surface area contributed by atoms with Gasteiger partial charge in [-0.25, -0.2) is 0 Å². The van der Waals surface area contributed by atoms with E-state index in [1.165, 1.54) is 5.32 Å². The van der Waals surface area contributed by atoms with Gasteiger partial charge in [0.2, 0.25) is 0 Å². The third kappa shape index (κ3) is 1.46. The molecule has 0 radical (unpaired) electrons. The third-order valence-corrected chi connectivity index (χ3v) is 0.612. The molecule has 1 aliphatic rings. The fraction of sp³-hybridized carbons (Fsp3) is 1.00. The molecule has 48 valence electrons. The fourth-order valence-corrected chi connectivity index (χ4v) is 0.334. The minimum absolute atomic E-state index is 1.38. The molecule has 0 aromatic rings. The summed E-state index contributed by atoms with van der Waals surface area (Å²) in [5.74, 6) is 0. The summed E-state index contributed by atoms with van der Waals surface area (Å²) in [6.07, 6.45) is -14.1. The highest BCUT2D eigenvalue weighted by atomic mass is 16.3. The quantitative estimate of drug-likeness (QED) is 0.494. The number of aliphatic hydroxyl groups is 1. The van der Waals surface area contributed by atoms with E-state index in [0.29, 0.717) is 0 Å². The van der Waals surface area contributed by atoms with Crippen molar-refractivity contribution in [3.05, 3.63) is 0 Å². The first-order chi connectivity index (χ1) is 7.96. The molecule has 0 bridgehead atoms. The lowest BCUT2D eigenvalue weighted by molar-refractivity contribution is 0.0893. The summed E-state index contributed by atoms with van der Waals surface area (Å²) in [5, 5.41) is 11.0. The Morgan fingerprint density at radius 2 is 2.88 bits per heavy atom. The van der Waals surface area contributed by atoms with Gasteiger partial charge in [-0.2, -0.15) is 0 Å². The summed E-state index contributed by atoms with van der Waals surface area (Å²) in [6.45, 7) is -3.44. The maximum atomic E-state index is 9.57. The lowest BCUT2D eigenvalue weighted by Gasteiger charge is -2.24. The van der Waals surface area contributed by atoms with Crippen molar-refractivity contribution in [3.8, 4) is 0 Å². The molecule has 2 nitrogen and oxygen atoms in total. The average molecular weight is 126 g/mol. The van der Waals surface area contributed by atoms with Crippen LogP contribution in [0.4, 0.5) is 0 Å². The summed E-state index contributed by atoms with van der Waals surface area (Å²) in [7, 11) is 0. The first-order valence-corrected chi connectivity index (χ1v) is 1.97. The molecule has 0 saturated carbocycles. The highest BCUT2D eigenvalue weighted by molar-refractivity contribution is 4.69. The van der Waals surface area contributed by atoms with Gasteiger partial charge in [0.05, 0.1) is 1.37 Å². The Balaban J connectivity index is 3.60. The van der Waals surface area contributed by atoms with Gasteiger partial charge in [0, 0.05) is 19.7 Å². The van der Waals surface area contributed by atoms with Gasteiger partial charge in [0.25, 0.3) is 0 Å². The van der Waals surface area contributed by atoms with E-state index in [-0.39, 0.29) is 0 Å². The molecule has 2 unspecified atom stereocenters. The van der Waals surface area contributed by atoms with Crippen LogP contribution in [0.5, 0.6) is 0 Å². The van der Waals surface area contributed by atoms with Crippen molar-refractivity contribution in [3.63, 3.8) is 0 Å². The summed E-state index contributed by atoms with van der Waals surface area (Å²) in [6, 6.07) is -3.38. The van der Waals surface area contributed by atoms with Gasteiger partial charge < -0.3 is 5.11 Å². The van der Waals surface area contributed by atoms with Crippen molar-refractivity contribution < 1.29 is 20.2 Å². The molecule has 1 heterocycles. The van der Waals surface area contributed by atoms with Crippen LogP contribution in [-0.2, 0) is 0 Å². The van der Waals surface area contributed by atoms with Crippen LogP contribution in [0, 0.1) is 0 Å². The summed E-state index contributed by atoms with van der Waals surface area (Å²) in [5.41, 5.74) is 0. The van der Waals surface area contributed by atoms with Crippen LogP contribution in [0.2, 0.25) is 0 Å². The van der Waals surface area contributed by atoms with Gasteiger partial charge in [-0.3, -0.25) is 5.32 Å². The molecule has 0 aliphatic carbocycles. The van der Waals surface area contributed by atoms with E-state index in [1.807, 2.05) is 0 Å². The monoisotopic (exact) mass is 126 g/mol. The van der Waals surface area contributed by atoms with Crippen molar-refractivity contribution in [1.29, 1.82) is 0 Å². The molecule has 8 heavy (non-hydrogen) atoms. The topological polar surface area (TPSA) is 32.3 Å². The van der Waals surface area contributed by atoms with Crippen LogP contribution in [-0.4, -0.2) is 17.3 Å². The SMILES string of the molecule is [2H]C([2H])([2H])C1([2H])NC([2H])(O)C([2H])([2H])C([2H])([2H])C1([2H])[2H]. The molecule has 0 aromatic heterocycles. The van der Waals surface area contributed by atoms with Crippen molar-refractivity contribution >= 4 is 0 Å². The Bertz CT molecular complexity index is 387. The Labute approximate surface area is 65.4 Å². The molecule has 1 saturated heterocycles. The Hall–Kier alpha value is -0.0800. The Morgan fingerprint density at radius 1 is 2.00 bits per heavy atom. The molecular formula is C6H13NO. The van der Waals surface area contributed by atoms with E-state index in [9.17, 15) is 5.11 Å². The number of hydrogen-bond acceptors (Lipinski definition) is 2. The largest absolute Gasteiger partial charge is 0.379 e. The van der Waals surface area contributed by atoms with Crippen molar-refractivity contribution in [1.82, 2.24) is 5.32 Å². The molecule has 0 spiro atoms. The van der Waals surface area contributed by atoms with Gasteiger partial charge >= 0.3 is 0 Å². The Morgan fingerprint density at radius 3 is 3.62 bits per heavy atom. The molecule has 2 atom stereocenters. The molecular weight excluding hydrogens is 102 g/mol. The minimum Gasteiger partial charge on any atom is -0.379 e. The summed E-state index contributed by atoms with van der Waals surface area (Å²) in [4.78, 5) is 0. The van der Waals surface area contributed by atoms with Crippen molar-refractivity contribution in [2.75, 3.05) is 0 Å². The third-order valence-electron chi connectivity index (χ3n) is 0.612. The number of piperidine rings is 1. The van der Waals surface area contributed by atoms with Crippen LogP contribution in [0.3, 0.4) is 0 Å². The maximum Gasteiger partial charge on any atom is 0.105 e. The highest BCUT2D eigenvalue weighted by Crippen LogP contribution is 2.09. The van der Waals surface area contributed by atoms with E-state index in [4.69, 9.17) is 15.1 Å². The van der Waals surface area contributed by atoms with Crippen molar-refractivity contribution in [2.24, 2.45) is 0 Å². The lowest BCUT2D eigenvalue weighted by Crippen LogP contribution is -2.40. The molecule has 2 heteroatoms. The average Bonchev–Trinajstić information content (AvgIpc) is 2.12. The van der Waals surface area contributed by atoms with Gasteiger partial charge in [-0.15, -0.1) is 0 Å². The van der Waals surface area contributed by atoms with Gasteiger partial charge in [0.1, 0.15) is 6.20 Å². The van der Waals surface area contributed by atoms with E-state index >= 15 is 0 Å². The number of nitrogens with one attached hydrogen (secondary N) is 1. The van der Waals surface area contributed by atoms with E-state index < -0.39 is 38.2 Å².